The Kier molecular flexibility index (Phi) is 6.15. The Balaban J connectivity index is 1.69. The number of thioether (sulfide) groups is 2. The van der Waals surface area contributed by atoms with Gasteiger partial charge in [0.2, 0.25) is 5.91 Å². The summed E-state index contributed by atoms with van der Waals surface area (Å²) in [4.78, 5) is 11.9. The maximum Gasteiger partial charge on any atom is 0.230 e. The minimum atomic E-state index is 0.121. The molecule has 1 N–H and O–H groups in total. The van der Waals surface area contributed by atoms with Gasteiger partial charge in [0.15, 0.2) is 5.82 Å². The number of tetrazole rings is 1. The van der Waals surface area contributed by atoms with Gasteiger partial charge in [-0.05, 0) is 48.6 Å². The average Bonchev–Trinajstić information content (AvgIpc) is 2.88. The number of carbonyl (C=O) groups is 1. The van der Waals surface area contributed by atoms with Crippen molar-refractivity contribution in [3.63, 3.8) is 0 Å². The van der Waals surface area contributed by atoms with Gasteiger partial charge in [0.1, 0.15) is 0 Å². The molecule has 2 rings (SSSR count). The van der Waals surface area contributed by atoms with Crippen molar-refractivity contribution in [3.8, 4) is 0 Å². The lowest BCUT2D eigenvalue weighted by Gasteiger charge is -2.22. The predicted molar refractivity (Wildman–Crippen MR) is 82.9 cm³/mol. The second kappa shape index (κ2) is 7.87. The van der Waals surface area contributed by atoms with Crippen LogP contribution in [0.4, 0.5) is 0 Å². The summed E-state index contributed by atoms with van der Waals surface area (Å²) >= 11 is 3.52. The lowest BCUT2D eigenvalue weighted by atomic mass is 10.1. The summed E-state index contributed by atoms with van der Waals surface area (Å²) < 4.78 is 1.79. The highest BCUT2D eigenvalue weighted by Gasteiger charge is 2.16. The molecule has 0 radical (unpaired) electrons. The van der Waals surface area contributed by atoms with Gasteiger partial charge in [-0.3, -0.25) is 4.79 Å². The highest BCUT2D eigenvalue weighted by molar-refractivity contribution is 7.99. The quantitative estimate of drug-likeness (QED) is 0.857. The fraction of sp³-hybridized carbons (Fsp3) is 0.833. The largest absolute Gasteiger partial charge is 0.353 e. The van der Waals surface area contributed by atoms with Crippen LogP contribution in [-0.2, 0) is 10.5 Å². The first kappa shape index (κ1) is 15.6. The van der Waals surface area contributed by atoms with Gasteiger partial charge in [0, 0.05) is 6.04 Å². The van der Waals surface area contributed by atoms with E-state index in [4.69, 9.17) is 0 Å². The van der Waals surface area contributed by atoms with Gasteiger partial charge < -0.3 is 5.32 Å². The fourth-order valence-electron chi connectivity index (χ4n) is 2.05. The number of hydrogen-bond donors (Lipinski definition) is 1. The maximum atomic E-state index is 11.9. The van der Waals surface area contributed by atoms with Gasteiger partial charge >= 0.3 is 0 Å². The van der Waals surface area contributed by atoms with E-state index in [0.29, 0.717) is 17.5 Å². The number of nitrogens with zero attached hydrogens (tertiary/aromatic N) is 4. The van der Waals surface area contributed by atoms with Gasteiger partial charge in [0.25, 0.3) is 0 Å². The van der Waals surface area contributed by atoms with Crippen LogP contribution >= 0.6 is 23.5 Å². The summed E-state index contributed by atoms with van der Waals surface area (Å²) in [5, 5.41) is 14.7. The molecule has 0 spiro atoms. The van der Waals surface area contributed by atoms with Crippen LogP contribution in [0.5, 0.6) is 0 Å². The first-order valence-electron chi connectivity index (χ1n) is 6.88. The summed E-state index contributed by atoms with van der Waals surface area (Å²) in [7, 11) is 0. The zero-order chi connectivity index (χ0) is 14.4. The first-order valence-corrected chi connectivity index (χ1v) is 9.19. The Morgan fingerprint density at radius 1 is 1.50 bits per heavy atom. The summed E-state index contributed by atoms with van der Waals surface area (Å²) in [5.74, 6) is 4.39. The van der Waals surface area contributed by atoms with Crippen LogP contribution in [-0.4, -0.2) is 49.4 Å². The van der Waals surface area contributed by atoms with E-state index in [9.17, 15) is 4.79 Å². The Morgan fingerprint density at radius 2 is 2.25 bits per heavy atom. The molecule has 1 fully saturated rings. The molecule has 6 nitrogen and oxygen atoms in total. The van der Waals surface area contributed by atoms with E-state index in [0.717, 1.165) is 30.2 Å². The van der Waals surface area contributed by atoms with Crippen molar-refractivity contribution in [2.75, 3.05) is 17.3 Å². The van der Waals surface area contributed by atoms with Crippen molar-refractivity contribution >= 4 is 29.4 Å². The van der Waals surface area contributed by atoms with Crippen molar-refractivity contribution < 1.29 is 4.79 Å². The van der Waals surface area contributed by atoms with E-state index in [2.05, 4.69) is 20.8 Å². The van der Waals surface area contributed by atoms with Crippen LogP contribution in [0.3, 0.4) is 0 Å². The molecule has 1 aliphatic rings. The zero-order valence-electron chi connectivity index (χ0n) is 11.9. The summed E-state index contributed by atoms with van der Waals surface area (Å²) in [6.45, 7) is 4.08. The van der Waals surface area contributed by atoms with Gasteiger partial charge in [-0.1, -0.05) is 0 Å². The van der Waals surface area contributed by atoms with Gasteiger partial charge in [-0.25, -0.2) is 4.68 Å². The summed E-state index contributed by atoms with van der Waals surface area (Å²) in [5.41, 5.74) is 0. The van der Waals surface area contributed by atoms with E-state index in [1.807, 2.05) is 25.6 Å². The minimum Gasteiger partial charge on any atom is -0.353 e. The Morgan fingerprint density at radius 3 is 2.95 bits per heavy atom. The monoisotopic (exact) mass is 315 g/mol. The highest BCUT2D eigenvalue weighted by atomic mass is 32.2. The number of aromatic nitrogens is 4. The first-order chi connectivity index (χ1) is 9.66. The predicted octanol–water partition coefficient (Wildman–Crippen LogP) is 1.50. The third-order valence-corrected chi connectivity index (χ3v) is 5.08. The fourth-order valence-corrected chi connectivity index (χ4v) is 3.90. The third-order valence-electron chi connectivity index (χ3n) is 3.10. The smallest absolute Gasteiger partial charge is 0.230 e. The SMILES string of the molecule is CC(C)n1nnnc1CSCC(=O)NC1CCSCC1. The van der Waals surface area contributed by atoms with Crippen LogP contribution in [0, 0.1) is 0 Å². The number of rotatable bonds is 6. The van der Waals surface area contributed by atoms with Crippen molar-refractivity contribution in [2.45, 2.75) is 44.5 Å². The van der Waals surface area contributed by atoms with Crippen LogP contribution in [0.25, 0.3) is 0 Å². The van der Waals surface area contributed by atoms with Crippen LogP contribution < -0.4 is 5.32 Å². The van der Waals surface area contributed by atoms with Crippen molar-refractivity contribution in [1.82, 2.24) is 25.5 Å². The maximum absolute atomic E-state index is 11.9. The van der Waals surface area contributed by atoms with Crippen molar-refractivity contribution in [2.24, 2.45) is 0 Å². The molecule has 0 aliphatic carbocycles. The van der Waals surface area contributed by atoms with E-state index >= 15 is 0 Å². The van der Waals surface area contributed by atoms with Crippen molar-refractivity contribution in [1.29, 1.82) is 0 Å². The molecule has 0 saturated carbocycles. The van der Waals surface area contributed by atoms with Crippen LogP contribution in [0.1, 0.15) is 38.6 Å². The Bertz CT molecular complexity index is 431. The second-order valence-corrected chi connectivity index (χ2v) is 7.29. The number of nitrogens with one attached hydrogen (secondary N) is 1. The van der Waals surface area contributed by atoms with E-state index in [1.54, 1.807) is 16.4 Å². The lowest BCUT2D eigenvalue weighted by molar-refractivity contribution is -0.119. The molecular weight excluding hydrogens is 294 g/mol. The molecule has 1 amide bonds. The molecule has 20 heavy (non-hydrogen) atoms. The molecule has 1 aromatic heterocycles. The minimum absolute atomic E-state index is 0.121. The normalized spacial score (nSPS) is 16.6. The molecule has 0 unspecified atom stereocenters. The van der Waals surface area contributed by atoms with E-state index in [1.165, 1.54) is 0 Å². The Labute approximate surface area is 127 Å². The highest BCUT2D eigenvalue weighted by Crippen LogP contribution is 2.17. The molecule has 1 aromatic rings. The molecule has 0 bridgehead atoms. The molecule has 1 aliphatic heterocycles. The van der Waals surface area contributed by atoms with E-state index < -0.39 is 0 Å². The summed E-state index contributed by atoms with van der Waals surface area (Å²) in [6, 6.07) is 0.611. The topological polar surface area (TPSA) is 72.7 Å². The lowest BCUT2D eigenvalue weighted by Crippen LogP contribution is -2.38. The number of amides is 1. The zero-order valence-corrected chi connectivity index (χ0v) is 13.5. The number of carbonyl (C=O) groups excluding carboxylic acids is 1. The van der Waals surface area contributed by atoms with Crippen LogP contribution in [0.15, 0.2) is 0 Å². The summed E-state index contributed by atoms with van der Waals surface area (Å²) in [6.07, 6.45) is 2.18. The molecular formula is C12H21N5OS2. The Hall–Kier alpha value is -0.760. The third kappa shape index (κ3) is 4.66. The van der Waals surface area contributed by atoms with Crippen molar-refractivity contribution in [3.05, 3.63) is 5.82 Å². The second-order valence-electron chi connectivity index (χ2n) is 5.08. The molecule has 2 heterocycles. The average molecular weight is 315 g/mol. The molecule has 0 aromatic carbocycles. The standard InChI is InChI=1S/C12H21N5OS2/c1-9(2)17-11(14-15-16-17)7-20-8-12(18)13-10-3-5-19-6-4-10/h9-10H,3-8H2,1-2H3,(H,13,18). The van der Waals surface area contributed by atoms with E-state index in [-0.39, 0.29) is 11.9 Å². The van der Waals surface area contributed by atoms with Gasteiger partial charge in [0.05, 0.1) is 17.5 Å². The molecule has 1 saturated heterocycles. The van der Waals surface area contributed by atoms with Crippen LogP contribution in [0.2, 0.25) is 0 Å². The van der Waals surface area contributed by atoms with Gasteiger partial charge in [-0.15, -0.1) is 16.9 Å². The molecule has 112 valence electrons. The molecule has 0 atom stereocenters. The molecule has 8 heteroatoms. The number of hydrogen-bond acceptors (Lipinski definition) is 6. The van der Waals surface area contributed by atoms with Gasteiger partial charge in [-0.2, -0.15) is 11.8 Å².